The maximum atomic E-state index is 13.6. The van der Waals surface area contributed by atoms with Gasteiger partial charge in [-0.15, -0.1) is 0 Å². The van der Waals surface area contributed by atoms with Gasteiger partial charge in [-0.05, 0) is 19.1 Å². The normalized spacial score (nSPS) is 12.8. The number of para-hydroxylation sites is 1. The second kappa shape index (κ2) is 7.32. The molecule has 1 aromatic carbocycles. The number of thiazole rings is 1. The van der Waals surface area contributed by atoms with Crippen molar-refractivity contribution in [2.24, 2.45) is 4.99 Å². The smallest absolute Gasteiger partial charge is 0.348 e. The molecule has 3 aromatic heterocycles. The topological polar surface area (TPSA) is 91.7 Å². The van der Waals surface area contributed by atoms with Crippen molar-refractivity contribution in [2.75, 3.05) is 6.54 Å². The van der Waals surface area contributed by atoms with Gasteiger partial charge in [0.2, 0.25) is 5.13 Å². The highest BCUT2D eigenvalue weighted by molar-refractivity contribution is 7.20. The van der Waals surface area contributed by atoms with Gasteiger partial charge in [-0.3, -0.25) is 14.9 Å². The monoisotopic (exact) mass is 420 g/mol. The Kier molecular flexibility index (Phi) is 4.82. The summed E-state index contributed by atoms with van der Waals surface area (Å²) in [5, 5.41) is 2.32. The summed E-state index contributed by atoms with van der Waals surface area (Å²) in [5.74, 6) is 0. The Bertz CT molecular complexity index is 1200. The number of H-pyrrole nitrogens is 2. The van der Waals surface area contributed by atoms with E-state index < -0.39 is 23.0 Å². The molecule has 0 unspecified atom stereocenters. The molecule has 0 aliphatic carbocycles. The molecule has 0 fully saturated rings. The van der Waals surface area contributed by atoms with Gasteiger partial charge in [-0.1, -0.05) is 23.5 Å². The van der Waals surface area contributed by atoms with Crippen LogP contribution in [-0.4, -0.2) is 37.0 Å². The van der Waals surface area contributed by atoms with Crippen LogP contribution in [0.5, 0.6) is 0 Å². The molecule has 0 saturated heterocycles. The van der Waals surface area contributed by atoms with Gasteiger partial charge in [0.25, 0.3) is 5.56 Å². The fourth-order valence-corrected chi connectivity index (χ4v) is 3.84. The van der Waals surface area contributed by atoms with Crippen LogP contribution in [0.1, 0.15) is 23.9 Å². The molecule has 0 atom stereocenters. The van der Waals surface area contributed by atoms with E-state index >= 15 is 0 Å². The molecule has 0 radical (unpaired) electrons. The molecule has 150 valence electrons. The van der Waals surface area contributed by atoms with Crippen LogP contribution in [0.4, 0.5) is 13.2 Å². The number of aliphatic imine (C=N–C) groups is 1. The summed E-state index contributed by atoms with van der Waals surface area (Å²) in [7, 11) is 0. The number of hydrogen-bond acceptors (Lipinski definition) is 5. The summed E-state index contributed by atoms with van der Waals surface area (Å²) in [4.78, 5) is 28.1. The van der Waals surface area contributed by atoms with Gasteiger partial charge in [-0.2, -0.15) is 17.9 Å². The van der Waals surface area contributed by atoms with Gasteiger partial charge in [0.15, 0.2) is 5.69 Å². The van der Waals surface area contributed by atoms with E-state index in [1.807, 2.05) is 0 Å². The van der Waals surface area contributed by atoms with Crippen molar-refractivity contribution in [1.82, 2.24) is 24.7 Å². The number of nitrogens with one attached hydrogen (secondary N) is 2. The van der Waals surface area contributed by atoms with E-state index in [4.69, 9.17) is 0 Å². The van der Waals surface area contributed by atoms with E-state index in [9.17, 15) is 18.0 Å². The first kappa shape index (κ1) is 19.1. The van der Waals surface area contributed by atoms with E-state index in [-0.39, 0.29) is 17.4 Å². The molecule has 29 heavy (non-hydrogen) atoms. The van der Waals surface area contributed by atoms with Crippen LogP contribution in [0.2, 0.25) is 0 Å². The highest BCUT2D eigenvalue weighted by Gasteiger charge is 2.39. The molecule has 0 amide bonds. The third-order valence-corrected chi connectivity index (χ3v) is 5.32. The lowest BCUT2D eigenvalue weighted by atomic mass is 10.1. The predicted molar refractivity (Wildman–Crippen MR) is 104 cm³/mol. The standard InChI is InChI=1S/C18H15F3N6OS/c1-10(23-7-6-11-8-22-9-24-11)14-15(18(19,20)21)26-27(16(14)28)17-25-12-4-2-3-5-13(12)29-17/h2-5,8-9,26H,6-7H2,1H3,(H,22,24). The summed E-state index contributed by atoms with van der Waals surface area (Å²) in [5.41, 5.74) is -1.05. The van der Waals surface area contributed by atoms with Crippen molar-refractivity contribution in [3.8, 4) is 5.13 Å². The molecule has 4 aromatic rings. The average molecular weight is 420 g/mol. The van der Waals surface area contributed by atoms with Crippen molar-refractivity contribution in [3.63, 3.8) is 0 Å². The van der Waals surface area contributed by atoms with Crippen LogP contribution < -0.4 is 5.56 Å². The van der Waals surface area contributed by atoms with Crippen LogP contribution >= 0.6 is 11.3 Å². The number of rotatable bonds is 5. The van der Waals surface area contributed by atoms with E-state index in [1.165, 1.54) is 13.3 Å². The lowest BCUT2D eigenvalue weighted by molar-refractivity contribution is -0.141. The quantitative estimate of drug-likeness (QED) is 0.484. The predicted octanol–water partition coefficient (Wildman–Crippen LogP) is 3.57. The van der Waals surface area contributed by atoms with Crippen LogP contribution in [0, 0.1) is 0 Å². The zero-order valence-electron chi connectivity index (χ0n) is 15.1. The number of nitrogens with zero attached hydrogens (tertiary/aromatic N) is 4. The minimum Gasteiger partial charge on any atom is -0.348 e. The molecule has 11 heteroatoms. The number of halogens is 3. The van der Waals surface area contributed by atoms with Crippen molar-refractivity contribution in [2.45, 2.75) is 19.5 Å². The van der Waals surface area contributed by atoms with Gasteiger partial charge < -0.3 is 4.98 Å². The third kappa shape index (κ3) is 3.73. The van der Waals surface area contributed by atoms with Crippen molar-refractivity contribution < 1.29 is 13.2 Å². The Morgan fingerprint density at radius 3 is 2.79 bits per heavy atom. The summed E-state index contributed by atoms with van der Waals surface area (Å²) >= 11 is 1.13. The fourth-order valence-electron chi connectivity index (χ4n) is 2.91. The molecule has 0 saturated carbocycles. The molecule has 0 aliphatic heterocycles. The highest BCUT2D eigenvalue weighted by atomic mass is 32.1. The largest absolute Gasteiger partial charge is 0.433 e. The second-order valence-electron chi connectivity index (χ2n) is 6.26. The number of aromatic amines is 2. The van der Waals surface area contributed by atoms with Crippen molar-refractivity contribution in [1.29, 1.82) is 0 Å². The molecular weight excluding hydrogens is 405 g/mol. The second-order valence-corrected chi connectivity index (χ2v) is 7.27. The molecule has 4 rings (SSSR count). The number of alkyl halides is 3. The Labute approximate surface area is 166 Å². The molecule has 3 heterocycles. The number of aromatic nitrogens is 5. The zero-order chi connectivity index (χ0) is 20.6. The minimum atomic E-state index is -4.74. The van der Waals surface area contributed by atoms with Crippen molar-refractivity contribution in [3.05, 3.63) is 64.1 Å². The maximum absolute atomic E-state index is 13.6. The molecule has 0 bridgehead atoms. The average Bonchev–Trinajstić information content (AvgIpc) is 3.38. The van der Waals surface area contributed by atoms with Gasteiger partial charge in [0.1, 0.15) is 0 Å². The summed E-state index contributed by atoms with van der Waals surface area (Å²) in [6, 6.07) is 7.09. The lowest BCUT2D eigenvalue weighted by Gasteiger charge is -2.06. The Balaban J connectivity index is 1.75. The molecule has 2 N–H and O–H groups in total. The molecular formula is C18H15F3N6OS. The Hall–Kier alpha value is -3.21. The van der Waals surface area contributed by atoms with E-state index in [2.05, 4.69) is 25.0 Å². The molecule has 0 aliphatic rings. The van der Waals surface area contributed by atoms with Crippen LogP contribution in [0.25, 0.3) is 15.3 Å². The third-order valence-electron chi connectivity index (χ3n) is 4.29. The van der Waals surface area contributed by atoms with E-state index in [1.54, 1.807) is 30.5 Å². The highest BCUT2D eigenvalue weighted by Crippen LogP contribution is 2.31. The first-order valence-electron chi connectivity index (χ1n) is 8.61. The van der Waals surface area contributed by atoms with Gasteiger partial charge in [0.05, 0.1) is 22.1 Å². The van der Waals surface area contributed by atoms with Gasteiger partial charge in [-0.25, -0.2) is 9.97 Å². The lowest BCUT2D eigenvalue weighted by Crippen LogP contribution is -2.21. The number of imidazole rings is 1. The first-order chi connectivity index (χ1) is 13.8. The van der Waals surface area contributed by atoms with Gasteiger partial charge in [0, 0.05) is 30.6 Å². The minimum absolute atomic E-state index is 0.0120. The molecule has 7 nitrogen and oxygen atoms in total. The van der Waals surface area contributed by atoms with E-state index in [0.29, 0.717) is 11.9 Å². The number of hydrogen-bond donors (Lipinski definition) is 2. The Morgan fingerprint density at radius 1 is 1.31 bits per heavy atom. The molecule has 0 spiro atoms. The van der Waals surface area contributed by atoms with Crippen molar-refractivity contribution >= 4 is 27.3 Å². The van der Waals surface area contributed by atoms with Gasteiger partial charge >= 0.3 is 6.18 Å². The summed E-state index contributed by atoms with van der Waals surface area (Å²) in [6.07, 6.45) is -1.15. The Morgan fingerprint density at radius 2 is 2.10 bits per heavy atom. The number of fused-ring (bicyclic) bond motifs is 1. The number of benzene rings is 1. The van der Waals surface area contributed by atoms with Crippen LogP contribution in [-0.2, 0) is 12.6 Å². The fraction of sp³-hybridized carbons (Fsp3) is 0.222. The summed E-state index contributed by atoms with van der Waals surface area (Å²) < 4.78 is 42.4. The van der Waals surface area contributed by atoms with Crippen LogP contribution in [0.15, 0.2) is 46.6 Å². The zero-order valence-corrected chi connectivity index (χ0v) is 15.9. The van der Waals surface area contributed by atoms with Crippen LogP contribution in [0.3, 0.4) is 0 Å². The first-order valence-corrected chi connectivity index (χ1v) is 9.43. The SMILES string of the molecule is CC(=NCCc1cnc[nH]1)c1c(C(F)(F)F)[nH]n(-c2nc3ccccc3s2)c1=O. The summed E-state index contributed by atoms with van der Waals surface area (Å²) in [6.45, 7) is 1.62. The van der Waals surface area contributed by atoms with E-state index in [0.717, 1.165) is 26.4 Å². The maximum Gasteiger partial charge on any atom is 0.433 e.